The summed E-state index contributed by atoms with van der Waals surface area (Å²) in [5.41, 5.74) is 0. The van der Waals surface area contributed by atoms with Crippen LogP contribution < -0.4 is 5.32 Å². The van der Waals surface area contributed by atoms with E-state index in [9.17, 15) is 4.79 Å². The second kappa shape index (κ2) is 4.92. The number of nitrogens with one attached hydrogen (secondary N) is 1. The van der Waals surface area contributed by atoms with E-state index < -0.39 is 0 Å². The highest BCUT2D eigenvalue weighted by Crippen LogP contribution is 2.13. The molecule has 2 aliphatic rings. The van der Waals surface area contributed by atoms with Crippen LogP contribution in [0.15, 0.2) is 0 Å². The Bertz CT molecular complexity index is 229. The average molecular weight is 214 g/mol. The van der Waals surface area contributed by atoms with E-state index in [1.807, 2.05) is 11.9 Å². The second-order valence-corrected chi connectivity index (χ2v) is 4.11. The van der Waals surface area contributed by atoms with E-state index in [-0.39, 0.29) is 18.1 Å². The van der Waals surface area contributed by atoms with Gasteiger partial charge in [0.1, 0.15) is 6.04 Å². The van der Waals surface area contributed by atoms with Crippen molar-refractivity contribution in [1.82, 2.24) is 10.2 Å². The Morgan fingerprint density at radius 1 is 1.53 bits per heavy atom. The largest absolute Gasteiger partial charge is 0.464 e. The quantitative estimate of drug-likeness (QED) is 0.625. The third kappa shape index (κ3) is 2.68. The standard InChI is InChI=1S/C10H18N2O3/c1-12(9-2-4-15-10(9)13)7-8-6-11-3-5-14-8/h8-9,11H,2-7H2,1H3. The number of carbonyl (C=O) groups excluding carboxylic acids is 1. The summed E-state index contributed by atoms with van der Waals surface area (Å²) in [5, 5.41) is 3.27. The summed E-state index contributed by atoms with van der Waals surface area (Å²) in [6.45, 7) is 3.88. The van der Waals surface area contributed by atoms with Gasteiger partial charge in [-0.2, -0.15) is 0 Å². The maximum absolute atomic E-state index is 11.3. The molecule has 0 aromatic heterocycles. The van der Waals surface area contributed by atoms with Crippen LogP contribution in [-0.4, -0.2) is 62.9 Å². The SMILES string of the molecule is CN(CC1CNCCO1)C1CCOC1=O. The molecule has 2 saturated heterocycles. The number of hydrogen-bond acceptors (Lipinski definition) is 5. The first-order valence-electron chi connectivity index (χ1n) is 5.46. The van der Waals surface area contributed by atoms with E-state index in [1.165, 1.54) is 0 Å². The first kappa shape index (κ1) is 10.9. The van der Waals surface area contributed by atoms with Gasteiger partial charge >= 0.3 is 5.97 Å². The number of cyclic esters (lactones) is 1. The van der Waals surface area contributed by atoms with Crippen molar-refractivity contribution in [1.29, 1.82) is 0 Å². The third-order valence-corrected chi connectivity index (χ3v) is 2.94. The van der Waals surface area contributed by atoms with Gasteiger partial charge in [-0.05, 0) is 7.05 Å². The summed E-state index contributed by atoms with van der Waals surface area (Å²) in [4.78, 5) is 13.4. The van der Waals surface area contributed by atoms with Gasteiger partial charge in [-0.1, -0.05) is 0 Å². The van der Waals surface area contributed by atoms with Crippen molar-refractivity contribution < 1.29 is 14.3 Å². The van der Waals surface area contributed by atoms with E-state index >= 15 is 0 Å². The number of morpholine rings is 1. The number of rotatable bonds is 3. The smallest absolute Gasteiger partial charge is 0.323 e. The van der Waals surface area contributed by atoms with Crippen molar-refractivity contribution in [2.45, 2.75) is 18.6 Å². The van der Waals surface area contributed by atoms with Crippen LogP contribution in [0.1, 0.15) is 6.42 Å². The van der Waals surface area contributed by atoms with Crippen LogP contribution in [0.25, 0.3) is 0 Å². The van der Waals surface area contributed by atoms with Gasteiger partial charge < -0.3 is 14.8 Å². The molecule has 0 amide bonds. The first-order chi connectivity index (χ1) is 7.27. The molecule has 0 spiro atoms. The van der Waals surface area contributed by atoms with Crippen LogP contribution in [0.5, 0.6) is 0 Å². The zero-order valence-corrected chi connectivity index (χ0v) is 9.07. The Hall–Kier alpha value is -0.650. The molecule has 2 aliphatic heterocycles. The number of hydrogen-bond donors (Lipinski definition) is 1. The molecule has 2 heterocycles. The number of nitrogens with zero attached hydrogens (tertiary/aromatic N) is 1. The Labute approximate surface area is 89.7 Å². The summed E-state index contributed by atoms with van der Waals surface area (Å²) in [6.07, 6.45) is 0.993. The van der Waals surface area contributed by atoms with Gasteiger partial charge in [0.2, 0.25) is 0 Å². The molecule has 2 rings (SSSR count). The lowest BCUT2D eigenvalue weighted by molar-refractivity contribution is -0.142. The zero-order chi connectivity index (χ0) is 10.7. The fourth-order valence-corrected chi connectivity index (χ4v) is 2.07. The normalized spacial score (nSPS) is 32.0. The summed E-state index contributed by atoms with van der Waals surface area (Å²) in [5.74, 6) is -0.0960. The van der Waals surface area contributed by atoms with Crippen LogP contribution >= 0.6 is 0 Å². The van der Waals surface area contributed by atoms with E-state index in [4.69, 9.17) is 9.47 Å². The lowest BCUT2D eigenvalue weighted by atomic mass is 10.2. The van der Waals surface area contributed by atoms with Crippen molar-refractivity contribution in [3.63, 3.8) is 0 Å². The van der Waals surface area contributed by atoms with Gasteiger partial charge in [0.25, 0.3) is 0 Å². The lowest BCUT2D eigenvalue weighted by Crippen LogP contribution is -2.47. The molecular formula is C10H18N2O3. The van der Waals surface area contributed by atoms with E-state index in [2.05, 4.69) is 5.32 Å². The van der Waals surface area contributed by atoms with Crippen molar-refractivity contribution in [2.24, 2.45) is 0 Å². The monoisotopic (exact) mass is 214 g/mol. The van der Waals surface area contributed by atoms with Crippen LogP contribution in [-0.2, 0) is 14.3 Å². The minimum absolute atomic E-state index is 0.0736. The molecule has 0 aliphatic carbocycles. The molecule has 15 heavy (non-hydrogen) atoms. The fraction of sp³-hybridized carbons (Fsp3) is 0.900. The number of carbonyl (C=O) groups is 1. The van der Waals surface area contributed by atoms with Gasteiger partial charge in [-0.15, -0.1) is 0 Å². The second-order valence-electron chi connectivity index (χ2n) is 4.11. The van der Waals surface area contributed by atoms with E-state index in [0.29, 0.717) is 6.61 Å². The van der Waals surface area contributed by atoms with Crippen LogP contribution in [0.3, 0.4) is 0 Å². The molecule has 2 fully saturated rings. The highest BCUT2D eigenvalue weighted by Gasteiger charge is 2.31. The molecule has 86 valence electrons. The molecule has 2 atom stereocenters. The Morgan fingerprint density at radius 3 is 3.00 bits per heavy atom. The Kier molecular flexibility index (Phi) is 3.56. The van der Waals surface area contributed by atoms with Gasteiger partial charge in [0, 0.05) is 26.1 Å². The number of esters is 1. The van der Waals surface area contributed by atoms with Crippen molar-refractivity contribution in [3.05, 3.63) is 0 Å². The van der Waals surface area contributed by atoms with Gasteiger partial charge in [-0.25, -0.2) is 0 Å². The highest BCUT2D eigenvalue weighted by atomic mass is 16.5. The predicted octanol–water partition coefficient (Wildman–Crippen LogP) is -0.778. The minimum atomic E-state index is -0.0960. The molecule has 0 radical (unpaired) electrons. The summed E-state index contributed by atoms with van der Waals surface area (Å²) < 4.78 is 10.5. The average Bonchev–Trinajstić information content (AvgIpc) is 2.66. The zero-order valence-electron chi connectivity index (χ0n) is 9.07. The third-order valence-electron chi connectivity index (χ3n) is 2.94. The molecular weight excluding hydrogens is 196 g/mol. The van der Waals surface area contributed by atoms with Crippen molar-refractivity contribution in [3.8, 4) is 0 Å². The molecule has 5 nitrogen and oxygen atoms in total. The maximum atomic E-state index is 11.3. The van der Waals surface area contributed by atoms with Crippen LogP contribution in [0.2, 0.25) is 0 Å². The minimum Gasteiger partial charge on any atom is -0.464 e. The topological polar surface area (TPSA) is 50.8 Å². The first-order valence-corrected chi connectivity index (χ1v) is 5.46. The molecule has 0 aromatic rings. The molecule has 1 N–H and O–H groups in total. The molecule has 5 heteroatoms. The molecule has 0 saturated carbocycles. The van der Waals surface area contributed by atoms with Gasteiger partial charge in [0.15, 0.2) is 0 Å². The van der Waals surface area contributed by atoms with Gasteiger partial charge in [-0.3, -0.25) is 9.69 Å². The molecule has 2 unspecified atom stereocenters. The van der Waals surface area contributed by atoms with Crippen molar-refractivity contribution >= 4 is 5.97 Å². The summed E-state index contributed by atoms with van der Waals surface area (Å²) in [6, 6.07) is -0.0736. The molecule has 0 aromatic carbocycles. The van der Waals surface area contributed by atoms with Crippen LogP contribution in [0.4, 0.5) is 0 Å². The van der Waals surface area contributed by atoms with Crippen LogP contribution in [0, 0.1) is 0 Å². The maximum Gasteiger partial charge on any atom is 0.323 e. The van der Waals surface area contributed by atoms with Gasteiger partial charge in [0.05, 0.1) is 19.3 Å². The summed E-state index contributed by atoms with van der Waals surface area (Å²) >= 11 is 0. The predicted molar refractivity (Wildman–Crippen MR) is 54.6 cm³/mol. The fourth-order valence-electron chi connectivity index (χ4n) is 2.07. The Morgan fingerprint density at radius 2 is 2.40 bits per heavy atom. The number of ether oxygens (including phenoxy) is 2. The van der Waals surface area contributed by atoms with E-state index in [1.54, 1.807) is 0 Å². The van der Waals surface area contributed by atoms with E-state index in [0.717, 1.165) is 32.7 Å². The lowest BCUT2D eigenvalue weighted by Gasteiger charge is -2.29. The number of likely N-dealkylation sites (N-methyl/N-ethyl adjacent to an activating group) is 1. The summed E-state index contributed by atoms with van der Waals surface area (Å²) in [7, 11) is 1.95. The Balaban J connectivity index is 1.80. The highest BCUT2D eigenvalue weighted by molar-refractivity contribution is 5.77. The molecule has 0 bridgehead atoms. The van der Waals surface area contributed by atoms with Crippen molar-refractivity contribution in [2.75, 3.05) is 39.9 Å².